The van der Waals surface area contributed by atoms with E-state index in [4.69, 9.17) is 0 Å². The maximum Gasteiger partial charge on any atom is 0.222 e. The van der Waals surface area contributed by atoms with Gasteiger partial charge in [-0.15, -0.1) is 0 Å². The Kier molecular flexibility index (Phi) is 6.62. The number of hydrogen-bond donors (Lipinski definition) is 1. The number of likely N-dealkylation sites (tertiary alicyclic amines) is 1. The molecule has 1 atom stereocenters. The number of carbonyl (C=O) groups is 1. The number of benzene rings is 2. The van der Waals surface area contributed by atoms with Crippen molar-refractivity contribution in [3.63, 3.8) is 0 Å². The van der Waals surface area contributed by atoms with Crippen LogP contribution in [0.2, 0.25) is 0 Å². The molecule has 1 aliphatic heterocycles. The van der Waals surface area contributed by atoms with Crippen LogP contribution in [0.25, 0.3) is 6.08 Å². The minimum absolute atomic E-state index is 0.218. The van der Waals surface area contributed by atoms with Gasteiger partial charge in [0.25, 0.3) is 0 Å². The molecule has 0 bridgehead atoms. The number of piperidine rings is 1. The molecule has 0 aromatic heterocycles. The van der Waals surface area contributed by atoms with Crippen LogP contribution in [0.1, 0.15) is 42.9 Å². The van der Waals surface area contributed by atoms with Crippen molar-refractivity contribution in [2.75, 3.05) is 13.1 Å². The van der Waals surface area contributed by atoms with Crippen molar-refractivity contribution in [2.45, 2.75) is 31.8 Å². The van der Waals surface area contributed by atoms with Gasteiger partial charge in [0.2, 0.25) is 5.91 Å². The zero-order valence-corrected chi connectivity index (χ0v) is 15.1. The van der Waals surface area contributed by atoms with Crippen molar-refractivity contribution in [3.8, 4) is 0 Å². The van der Waals surface area contributed by atoms with Gasteiger partial charge in [0.1, 0.15) is 0 Å². The van der Waals surface area contributed by atoms with Gasteiger partial charge in [-0.25, -0.2) is 0 Å². The van der Waals surface area contributed by atoms with E-state index in [2.05, 4.69) is 24.3 Å². The Bertz CT molecular complexity index is 704. The molecular weight excluding hydrogens is 322 g/mol. The molecule has 1 aliphatic rings. The van der Waals surface area contributed by atoms with Crippen molar-refractivity contribution in [2.24, 2.45) is 5.92 Å². The van der Waals surface area contributed by atoms with E-state index < -0.39 is 6.10 Å². The molecule has 0 aliphatic carbocycles. The third kappa shape index (κ3) is 5.06. The lowest BCUT2D eigenvalue weighted by Crippen LogP contribution is -2.39. The Hall–Kier alpha value is -2.39. The summed E-state index contributed by atoms with van der Waals surface area (Å²) < 4.78 is 0. The van der Waals surface area contributed by atoms with Crippen LogP contribution in [-0.4, -0.2) is 29.0 Å². The van der Waals surface area contributed by atoms with E-state index in [0.717, 1.165) is 43.5 Å². The highest BCUT2D eigenvalue weighted by atomic mass is 16.3. The molecule has 26 heavy (non-hydrogen) atoms. The van der Waals surface area contributed by atoms with E-state index in [0.29, 0.717) is 6.42 Å². The zero-order valence-electron chi connectivity index (χ0n) is 15.1. The van der Waals surface area contributed by atoms with Gasteiger partial charge in [0, 0.05) is 19.5 Å². The number of hydrogen-bond acceptors (Lipinski definition) is 2. The average molecular weight is 349 g/mol. The maximum absolute atomic E-state index is 12.4. The molecule has 0 radical (unpaired) electrons. The minimum atomic E-state index is -0.428. The number of nitrogens with zero attached hydrogens (tertiary/aromatic N) is 1. The largest absolute Gasteiger partial charge is 0.388 e. The van der Waals surface area contributed by atoms with E-state index in [1.54, 1.807) is 0 Å². The highest BCUT2D eigenvalue weighted by Gasteiger charge is 2.27. The third-order valence-electron chi connectivity index (χ3n) is 5.11. The first-order valence-corrected chi connectivity index (χ1v) is 9.46. The van der Waals surface area contributed by atoms with Crippen molar-refractivity contribution < 1.29 is 9.90 Å². The summed E-state index contributed by atoms with van der Waals surface area (Å²) in [7, 11) is 0. The van der Waals surface area contributed by atoms with Gasteiger partial charge < -0.3 is 10.0 Å². The first-order chi connectivity index (χ1) is 12.7. The molecule has 2 aromatic carbocycles. The van der Waals surface area contributed by atoms with E-state index >= 15 is 0 Å². The van der Waals surface area contributed by atoms with Crippen molar-refractivity contribution in [3.05, 3.63) is 77.9 Å². The first-order valence-electron chi connectivity index (χ1n) is 9.46. The van der Waals surface area contributed by atoms with Crippen molar-refractivity contribution >= 4 is 12.0 Å². The van der Waals surface area contributed by atoms with E-state index in [9.17, 15) is 9.90 Å². The maximum atomic E-state index is 12.4. The molecule has 0 saturated carbocycles. The number of amides is 1. The number of aliphatic hydroxyl groups excluding tert-OH is 1. The first kappa shape index (κ1) is 18.4. The minimum Gasteiger partial charge on any atom is -0.388 e. The number of allylic oxidation sites excluding steroid dienone is 1. The number of aliphatic hydroxyl groups is 1. The second kappa shape index (κ2) is 9.35. The Labute approximate surface area is 156 Å². The number of carbonyl (C=O) groups excluding carboxylic acids is 1. The molecule has 1 unspecified atom stereocenters. The van der Waals surface area contributed by atoms with Crippen LogP contribution in [0.4, 0.5) is 0 Å². The van der Waals surface area contributed by atoms with Crippen LogP contribution < -0.4 is 0 Å². The lowest BCUT2D eigenvalue weighted by atomic mass is 9.87. The van der Waals surface area contributed by atoms with Gasteiger partial charge in [-0.3, -0.25) is 4.79 Å². The normalized spacial score (nSPS) is 16.7. The van der Waals surface area contributed by atoms with Crippen LogP contribution >= 0.6 is 0 Å². The fraction of sp³-hybridized carbons (Fsp3) is 0.348. The second-order valence-electron chi connectivity index (χ2n) is 6.93. The summed E-state index contributed by atoms with van der Waals surface area (Å²) in [5.41, 5.74) is 2.14. The van der Waals surface area contributed by atoms with Gasteiger partial charge in [-0.2, -0.15) is 0 Å². The summed E-state index contributed by atoms with van der Waals surface area (Å²) in [6.45, 7) is 1.49. The van der Waals surface area contributed by atoms with E-state index in [1.165, 1.54) is 0 Å². The predicted molar refractivity (Wildman–Crippen MR) is 105 cm³/mol. The standard InChI is InChI=1S/C23H27NO2/c25-22(14-8-7-11-19-9-3-1-4-10-19)24-17-15-21(16-18-24)23(26)20-12-5-2-6-13-20/h1-7,9-13,21,23,26H,8,14-18H2. The summed E-state index contributed by atoms with van der Waals surface area (Å²) >= 11 is 0. The summed E-state index contributed by atoms with van der Waals surface area (Å²) in [6.07, 6.45) is 6.75. The van der Waals surface area contributed by atoms with Gasteiger partial charge in [0.05, 0.1) is 6.10 Å². The van der Waals surface area contributed by atoms with Crippen LogP contribution in [0, 0.1) is 5.92 Å². The Morgan fingerprint density at radius 2 is 1.65 bits per heavy atom. The molecule has 1 N–H and O–H groups in total. The second-order valence-corrected chi connectivity index (χ2v) is 6.93. The van der Waals surface area contributed by atoms with Crippen LogP contribution in [0.5, 0.6) is 0 Å². The predicted octanol–water partition coefficient (Wildman–Crippen LogP) is 4.45. The molecule has 3 nitrogen and oxygen atoms in total. The molecule has 1 fully saturated rings. The molecule has 2 aromatic rings. The van der Waals surface area contributed by atoms with Gasteiger partial charge in [-0.05, 0) is 36.3 Å². The summed E-state index contributed by atoms with van der Waals surface area (Å²) in [4.78, 5) is 14.3. The Balaban J connectivity index is 1.41. The molecule has 136 valence electrons. The van der Waals surface area contributed by atoms with Crippen LogP contribution in [0.15, 0.2) is 66.7 Å². The SMILES string of the molecule is O=C(CCC=Cc1ccccc1)N1CCC(C(O)c2ccccc2)CC1. The lowest BCUT2D eigenvalue weighted by molar-refractivity contribution is -0.133. The van der Waals surface area contributed by atoms with Gasteiger partial charge >= 0.3 is 0 Å². The summed E-state index contributed by atoms with van der Waals surface area (Å²) in [5, 5.41) is 10.5. The quantitative estimate of drug-likeness (QED) is 0.837. The molecule has 1 saturated heterocycles. The van der Waals surface area contributed by atoms with Crippen molar-refractivity contribution in [1.82, 2.24) is 4.90 Å². The smallest absolute Gasteiger partial charge is 0.222 e. The fourth-order valence-electron chi connectivity index (χ4n) is 3.54. The highest BCUT2D eigenvalue weighted by molar-refractivity contribution is 5.76. The fourth-order valence-corrected chi connectivity index (χ4v) is 3.54. The lowest BCUT2D eigenvalue weighted by Gasteiger charge is -2.34. The number of rotatable bonds is 6. The van der Waals surface area contributed by atoms with Gasteiger partial charge in [-0.1, -0.05) is 72.8 Å². The average Bonchev–Trinajstić information content (AvgIpc) is 2.72. The monoisotopic (exact) mass is 349 g/mol. The van der Waals surface area contributed by atoms with E-state index in [-0.39, 0.29) is 11.8 Å². The highest BCUT2D eigenvalue weighted by Crippen LogP contribution is 2.30. The topological polar surface area (TPSA) is 40.5 Å². The molecule has 0 spiro atoms. The molecule has 3 rings (SSSR count). The summed E-state index contributed by atoms with van der Waals surface area (Å²) in [5.74, 6) is 0.454. The van der Waals surface area contributed by atoms with E-state index in [1.807, 2.05) is 53.4 Å². The molecule has 1 heterocycles. The Morgan fingerprint density at radius 3 is 2.31 bits per heavy atom. The van der Waals surface area contributed by atoms with Crippen LogP contribution in [-0.2, 0) is 4.79 Å². The Morgan fingerprint density at radius 1 is 1.04 bits per heavy atom. The molecule has 1 amide bonds. The van der Waals surface area contributed by atoms with Crippen LogP contribution in [0.3, 0.4) is 0 Å². The summed E-state index contributed by atoms with van der Waals surface area (Å²) in [6, 6.07) is 20.0. The van der Waals surface area contributed by atoms with Gasteiger partial charge in [0.15, 0.2) is 0 Å². The molecular formula is C23H27NO2. The molecule has 3 heteroatoms. The van der Waals surface area contributed by atoms with Crippen molar-refractivity contribution in [1.29, 1.82) is 0 Å². The zero-order chi connectivity index (χ0) is 18.2. The third-order valence-corrected chi connectivity index (χ3v) is 5.11.